The fourth-order valence-electron chi connectivity index (χ4n) is 2.36. The fourth-order valence-corrected chi connectivity index (χ4v) is 3.46. The maximum absolute atomic E-state index is 11.4. The quantitative estimate of drug-likeness (QED) is 0.603. The molecule has 1 rings (SSSR count). The molecule has 0 aromatic carbocycles. The molecule has 4 nitrogen and oxygen atoms in total. The van der Waals surface area contributed by atoms with Gasteiger partial charge in [-0.25, -0.2) is 0 Å². The van der Waals surface area contributed by atoms with E-state index < -0.39 is 5.54 Å². The Kier molecular flexibility index (Phi) is 7.80. The highest BCUT2D eigenvalue weighted by Crippen LogP contribution is 2.19. The van der Waals surface area contributed by atoms with Gasteiger partial charge in [-0.1, -0.05) is 13.3 Å². The topological polar surface area (TPSA) is 64.3 Å². The highest BCUT2D eigenvalue weighted by atomic mass is 32.2. The second-order valence-corrected chi connectivity index (χ2v) is 6.54. The second kappa shape index (κ2) is 8.82. The van der Waals surface area contributed by atoms with Crippen LogP contribution in [0.25, 0.3) is 0 Å². The number of carbonyl (C=O) groups excluding carboxylic acids is 1. The minimum Gasteiger partial charge on any atom is -0.377 e. The number of nitrogens with one attached hydrogen (secondary N) is 1. The van der Waals surface area contributed by atoms with E-state index in [1.54, 1.807) is 0 Å². The number of unbranched alkanes of at least 4 members (excludes halogenated alkanes) is 1. The van der Waals surface area contributed by atoms with Crippen LogP contribution >= 0.6 is 11.8 Å². The first-order chi connectivity index (χ1) is 9.08. The van der Waals surface area contributed by atoms with Gasteiger partial charge in [-0.15, -0.1) is 0 Å². The number of ether oxygens (including phenoxy) is 1. The molecule has 0 saturated carbocycles. The van der Waals surface area contributed by atoms with Crippen molar-refractivity contribution in [3.8, 4) is 0 Å². The summed E-state index contributed by atoms with van der Waals surface area (Å²) in [7, 11) is 0. The minimum atomic E-state index is -0.548. The van der Waals surface area contributed by atoms with Gasteiger partial charge in [-0.2, -0.15) is 11.8 Å². The third-order valence-corrected chi connectivity index (χ3v) is 4.84. The van der Waals surface area contributed by atoms with Crippen LogP contribution in [0.2, 0.25) is 0 Å². The molecule has 0 bridgehead atoms. The van der Waals surface area contributed by atoms with E-state index in [2.05, 4.69) is 5.32 Å². The van der Waals surface area contributed by atoms with Crippen molar-refractivity contribution in [2.24, 2.45) is 5.73 Å². The molecule has 1 heterocycles. The van der Waals surface area contributed by atoms with E-state index in [0.717, 1.165) is 43.9 Å². The van der Waals surface area contributed by atoms with E-state index in [9.17, 15) is 4.79 Å². The largest absolute Gasteiger partial charge is 0.377 e. The summed E-state index contributed by atoms with van der Waals surface area (Å²) in [5.74, 6) is 2.00. The number of amides is 1. The van der Waals surface area contributed by atoms with Crippen molar-refractivity contribution >= 4 is 17.7 Å². The zero-order valence-electron chi connectivity index (χ0n) is 12.2. The SMILES string of the molecule is CCNC(C)(CCCCSCC1CCCO1)C(N)=O. The Morgan fingerprint density at radius 1 is 1.53 bits per heavy atom. The Labute approximate surface area is 121 Å². The lowest BCUT2D eigenvalue weighted by atomic mass is 9.94. The summed E-state index contributed by atoms with van der Waals surface area (Å²) in [6.07, 6.45) is 5.88. The van der Waals surface area contributed by atoms with Gasteiger partial charge in [0.1, 0.15) is 0 Å². The summed E-state index contributed by atoms with van der Waals surface area (Å²) in [6.45, 7) is 5.61. The summed E-state index contributed by atoms with van der Waals surface area (Å²) in [6, 6.07) is 0. The van der Waals surface area contributed by atoms with Crippen molar-refractivity contribution in [3.63, 3.8) is 0 Å². The lowest BCUT2D eigenvalue weighted by molar-refractivity contribution is -0.124. The van der Waals surface area contributed by atoms with Crippen LogP contribution in [0.5, 0.6) is 0 Å². The van der Waals surface area contributed by atoms with Gasteiger partial charge in [0.2, 0.25) is 5.91 Å². The second-order valence-electron chi connectivity index (χ2n) is 5.39. The molecule has 0 aliphatic carbocycles. The van der Waals surface area contributed by atoms with Gasteiger partial charge < -0.3 is 15.8 Å². The molecule has 19 heavy (non-hydrogen) atoms. The fraction of sp³-hybridized carbons (Fsp3) is 0.929. The van der Waals surface area contributed by atoms with Gasteiger partial charge in [0, 0.05) is 12.4 Å². The zero-order chi connectivity index (χ0) is 14.1. The van der Waals surface area contributed by atoms with Crippen molar-refractivity contribution in [2.75, 3.05) is 24.7 Å². The number of thioether (sulfide) groups is 1. The summed E-state index contributed by atoms with van der Waals surface area (Å²) < 4.78 is 5.59. The van der Waals surface area contributed by atoms with Crippen molar-refractivity contribution in [3.05, 3.63) is 0 Å². The van der Waals surface area contributed by atoms with E-state index in [-0.39, 0.29) is 5.91 Å². The molecule has 0 aromatic rings. The molecular formula is C14H28N2O2S. The van der Waals surface area contributed by atoms with Gasteiger partial charge in [0.15, 0.2) is 0 Å². The Morgan fingerprint density at radius 2 is 2.32 bits per heavy atom. The average molecular weight is 288 g/mol. The van der Waals surface area contributed by atoms with Crippen LogP contribution in [0, 0.1) is 0 Å². The van der Waals surface area contributed by atoms with Crippen molar-refractivity contribution in [1.82, 2.24) is 5.32 Å². The monoisotopic (exact) mass is 288 g/mol. The van der Waals surface area contributed by atoms with Crippen LogP contribution in [0.4, 0.5) is 0 Å². The van der Waals surface area contributed by atoms with E-state index >= 15 is 0 Å². The lowest BCUT2D eigenvalue weighted by Gasteiger charge is -2.26. The first-order valence-corrected chi connectivity index (χ1v) is 8.48. The van der Waals surface area contributed by atoms with Crippen LogP contribution < -0.4 is 11.1 Å². The molecule has 1 amide bonds. The van der Waals surface area contributed by atoms with E-state index in [0.29, 0.717) is 6.10 Å². The Morgan fingerprint density at radius 3 is 2.89 bits per heavy atom. The summed E-state index contributed by atoms with van der Waals surface area (Å²) in [5.41, 5.74) is 4.91. The molecule has 112 valence electrons. The highest BCUT2D eigenvalue weighted by molar-refractivity contribution is 7.99. The van der Waals surface area contributed by atoms with Gasteiger partial charge in [0.05, 0.1) is 11.6 Å². The van der Waals surface area contributed by atoms with Crippen LogP contribution in [-0.4, -0.2) is 42.2 Å². The van der Waals surface area contributed by atoms with Crippen molar-refractivity contribution < 1.29 is 9.53 Å². The van der Waals surface area contributed by atoms with Gasteiger partial charge in [-0.3, -0.25) is 4.79 Å². The Hall–Kier alpha value is -0.260. The summed E-state index contributed by atoms with van der Waals surface area (Å²) in [5, 5.41) is 3.19. The predicted octanol–water partition coefficient (Wildman–Crippen LogP) is 1.92. The molecule has 5 heteroatoms. The molecule has 1 aliphatic heterocycles. The number of likely N-dealkylation sites (N-methyl/N-ethyl adjacent to an activating group) is 1. The number of nitrogens with two attached hydrogens (primary N) is 1. The Bertz CT molecular complexity index is 270. The summed E-state index contributed by atoms with van der Waals surface area (Å²) >= 11 is 1.96. The minimum absolute atomic E-state index is 0.249. The number of rotatable bonds is 10. The average Bonchev–Trinajstić information content (AvgIpc) is 2.86. The molecular weight excluding hydrogens is 260 g/mol. The lowest BCUT2D eigenvalue weighted by Crippen LogP contribution is -2.52. The van der Waals surface area contributed by atoms with Gasteiger partial charge in [0.25, 0.3) is 0 Å². The Balaban J connectivity index is 2.06. The predicted molar refractivity (Wildman–Crippen MR) is 81.4 cm³/mol. The van der Waals surface area contributed by atoms with Gasteiger partial charge >= 0.3 is 0 Å². The molecule has 0 spiro atoms. The van der Waals surface area contributed by atoms with Crippen molar-refractivity contribution in [1.29, 1.82) is 0 Å². The molecule has 1 aliphatic rings. The summed E-state index contributed by atoms with van der Waals surface area (Å²) in [4.78, 5) is 11.4. The number of hydrogen-bond acceptors (Lipinski definition) is 4. The molecule has 2 unspecified atom stereocenters. The normalized spacial score (nSPS) is 22.3. The number of primary amides is 1. The van der Waals surface area contributed by atoms with Crippen molar-refractivity contribution in [2.45, 2.75) is 57.6 Å². The zero-order valence-corrected chi connectivity index (χ0v) is 13.1. The first-order valence-electron chi connectivity index (χ1n) is 7.33. The standard InChI is InChI=1S/C14H28N2O2S/c1-3-16-14(2,13(15)17)8-4-5-10-19-11-12-7-6-9-18-12/h12,16H,3-11H2,1-2H3,(H2,15,17). The third kappa shape index (κ3) is 6.15. The van der Waals surface area contributed by atoms with Crippen LogP contribution in [0.1, 0.15) is 46.0 Å². The molecule has 0 aromatic heterocycles. The van der Waals surface area contributed by atoms with Crippen LogP contribution in [0.3, 0.4) is 0 Å². The number of hydrogen-bond donors (Lipinski definition) is 2. The third-order valence-electron chi connectivity index (χ3n) is 3.65. The number of carbonyl (C=O) groups is 1. The smallest absolute Gasteiger partial charge is 0.237 e. The van der Waals surface area contributed by atoms with Crippen LogP contribution in [0.15, 0.2) is 0 Å². The molecule has 0 radical (unpaired) electrons. The highest BCUT2D eigenvalue weighted by Gasteiger charge is 2.28. The van der Waals surface area contributed by atoms with E-state index in [1.165, 1.54) is 12.8 Å². The molecule has 2 atom stereocenters. The molecule has 1 fully saturated rings. The maximum Gasteiger partial charge on any atom is 0.237 e. The van der Waals surface area contributed by atoms with E-state index in [4.69, 9.17) is 10.5 Å². The van der Waals surface area contributed by atoms with E-state index in [1.807, 2.05) is 25.6 Å². The maximum atomic E-state index is 11.4. The van der Waals surface area contributed by atoms with Crippen LogP contribution in [-0.2, 0) is 9.53 Å². The molecule has 3 N–H and O–H groups in total. The first kappa shape index (κ1) is 16.8. The molecule has 1 saturated heterocycles. The van der Waals surface area contributed by atoms with Gasteiger partial charge in [-0.05, 0) is 44.9 Å².